The number of urea groups is 2. The Hall–Kier alpha value is -7.22. The smallest absolute Gasteiger partial charge is 0.327 e. The molecule has 8 amide bonds. The van der Waals surface area contributed by atoms with Gasteiger partial charge in [0, 0.05) is 66.2 Å². The lowest BCUT2D eigenvalue weighted by Crippen LogP contribution is -2.64. The second kappa shape index (κ2) is 18.0. The van der Waals surface area contributed by atoms with Crippen LogP contribution in [0, 0.1) is 0 Å². The molecule has 6 heterocycles. The number of imide groups is 2. The van der Waals surface area contributed by atoms with E-state index >= 15 is 0 Å². The Balaban J connectivity index is 0.000000160. The second-order valence-electron chi connectivity index (χ2n) is 16.7. The predicted octanol–water partition coefficient (Wildman–Crippen LogP) is 6.50. The molecule has 0 bridgehead atoms. The molecule has 322 valence electrons. The van der Waals surface area contributed by atoms with Crippen molar-refractivity contribution >= 4 is 57.5 Å². The average molecular weight is 847 g/mol. The molecule has 4 N–H and O–H groups in total. The van der Waals surface area contributed by atoms with Crippen LogP contribution in [-0.2, 0) is 33.9 Å². The molecule has 4 aliphatic rings. The Morgan fingerprint density at radius 1 is 0.571 bits per heavy atom. The Labute approximate surface area is 364 Å². The van der Waals surface area contributed by atoms with Crippen molar-refractivity contribution in [3.05, 3.63) is 144 Å². The van der Waals surface area contributed by atoms with Crippen molar-refractivity contribution in [2.24, 2.45) is 0 Å². The molecule has 63 heavy (non-hydrogen) atoms. The summed E-state index contributed by atoms with van der Waals surface area (Å²) in [6, 6.07) is 33.0. The molecule has 2 aromatic heterocycles. The highest BCUT2D eigenvalue weighted by molar-refractivity contribution is 6.07. The summed E-state index contributed by atoms with van der Waals surface area (Å²) < 4.78 is 0. The first-order valence-corrected chi connectivity index (χ1v) is 21.7. The van der Waals surface area contributed by atoms with Gasteiger partial charge in [0.15, 0.2) is 0 Å². The number of aromatic nitrogens is 2. The lowest BCUT2D eigenvalue weighted by Gasteiger charge is -2.46. The Kier molecular flexibility index (Phi) is 11.8. The van der Waals surface area contributed by atoms with E-state index in [0.29, 0.717) is 18.7 Å². The number of carbonyl (C=O) groups is 6. The number of aromatic amines is 2. The van der Waals surface area contributed by atoms with Crippen LogP contribution in [0.15, 0.2) is 122 Å². The number of nitrogens with zero attached hydrogens (tertiary/aromatic N) is 4. The van der Waals surface area contributed by atoms with E-state index in [4.69, 9.17) is 0 Å². The third-order valence-corrected chi connectivity index (χ3v) is 12.8. The van der Waals surface area contributed by atoms with Gasteiger partial charge in [0.05, 0.1) is 43.2 Å². The number of amides is 8. The lowest BCUT2D eigenvalue weighted by atomic mass is 9.91. The average Bonchev–Trinajstić information content (AvgIpc) is 3.93. The van der Waals surface area contributed by atoms with Crippen LogP contribution < -0.4 is 10.6 Å². The summed E-state index contributed by atoms with van der Waals surface area (Å²) in [6.45, 7) is 1.76. The minimum absolute atomic E-state index is 0.0896. The SMILES string of the molecule is O=C(Cc1c[nH]c2ccccc12)N[C@H]1CCCN2C(=O)N(Cc3ccccc3)C(=O)C[C@@H]12.O=C(N[C@@H]1CCCN2C(=O)N(Cc3ccccc3)C(=O)C[C@H]12)c1c[nH]c2ccccc12. The van der Waals surface area contributed by atoms with Gasteiger partial charge in [-0.2, -0.15) is 0 Å². The number of benzene rings is 4. The molecule has 14 heteroatoms. The fraction of sp³-hybridized carbons (Fsp3) is 0.306. The molecule has 6 aromatic rings. The van der Waals surface area contributed by atoms with E-state index in [1.807, 2.05) is 115 Å². The standard InChI is InChI=1S/C25H26N4O3.C24H24N4O3/c30-23(13-18-15-26-20-10-5-4-9-19(18)20)27-21-11-6-12-28-22(21)14-24(31)29(25(28)32)16-17-7-2-1-3-8-17;29-22-13-21-20(26-23(30)18-14-25-19-10-5-4-9-17(18)19)11-6-12-27(21)24(31)28(22)15-16-7-2-1-3-8-16/h1-5,7-10,15,21-22,26H,6,11-14,16H2,(H,27,30);1-5,7-10,14,20-21,25H,6,11-13,15H2,(H,26,30)/t21-,22-;20-,21-/m01/s1. The van der Waals surface area contributed by atoms with Gasteiger partial charge in [-0.3, -0.25) is 29.0 Å². The molecule has 4 saturated heterocycles. The maximum absolute atomic E-state index is 13.1. The van der Waals surface area contributed by atoms with Crippen molar-refractivity contribution in [1.82, 2.24) is 40.2 Å². The fourth-order valence-electron chi connectivity index (χ4n) is 9.59. The van der Waals surface area contributed by atoms with Crippen molar-refractivity contribution in [3.63, 3.8) is 0 Å². The number of piperidine rings is 2. The van der Waals surface area contributed by atoms with Gasteiger partial charge in [0.25, 0.3) is 5.91 Å². The Morgan fingerprint density at radius 2 is 1.05 bits per heavy atom. The third-order valence-electron chi connectivity index (χ3n) is 12.8. The molecule has 10 rings (SSSR count). The van der Waals surface area contributed by atoms with E-state index in [-0.39, 0.29) is 92.2 Å². The molecule has 0 spiro atoms. The van der Waals surface area contributed by atoms with Crippen LogP contribution >= 0.6 is 0 Å². The summed E-state index contributed by atoms with van der Waals surface area (Å²) in [7, 11) is 0. The maximum atomic E-state index is 13.1. The minimum Gasteiger partial charge on any atom is -0.361 e. The van der Waals surface area contributed by atoms with E-state index in [2.05, 4.69) is 20.6 Å². The molecule has 4 aromatic carbocycles. The normalized spacial score (nSPS) is 21.1. The highest BCUT2D eigenvalue weighted by Gasteiger charge is 2.46. The molecule has 4 atom stereocenters. The molecule has 4 aliphatic heterocycles. The van der Waals surface area contributed by atoms with Gasteiger partial charge in [-0.15, -0.1) is 0 Å². The van der Waals surface area contributed by atoms with Crippen LogP contribution in [0.5, 0.6) is 0 Å². The molecule has 0 saturated carbocycles. The summed E-state index contributed by atoms with van der Waals surface area (Å²) in [5, 5.41) is 8.10. The fourth-order valence-corrected chi connectivity index (χ4v) is 9.59. The summed E-state index contributed by atoms with van der Waals surface area (Å²) in [4.78, 5) is 90.3. The Morgan fingerprint density at radius 3 is 1.62 bits per heavy atom. The van der Waals surface area contributed by atoms with E-state index < -0.39 is 0 Å². The van der Waals surface area contributed by atoms with Crippen molar-refractivity contribution in [2.75, 3.05) is 13.1 Å². The number of nitrogens with one attached hydrogen (secondary N) is 4. The van der Waals surface area contributed by atoms with Crippen LogP contribution in [-0.4, -0.2) is 103 Å². The quantitative estimate of drug-likeness (QED) is 0.130. The van der Waals surface area contributed by atoms with Gasteiger partial charge in [-0.25, -0.2) is 9.59 Å². The topological polar surface area (TPSA) is 171 Å². The molecule has 0 radical (unpaired) electrons. The van der Waals surface area contributed by atoms with Crippen molar-refractivity contribution in [1.29, 1.82) is 0 Å². The van der Waals surface area contributed by atoms with E-state index in [1.165, 1.54) is 9.80 Å². The van der Waals surface area contributed by atoms with E-state index in [1.54, 1.807) is 16.0 Å². The number of hydrogen-bond acceptors (Lipinski definition) is 6. The van der Waals surface area contributed by atoms with E-state index in [9.17, 15) is 28.8 Å². The summed E-state index contributed by atoms with van der Waals surface area (Å²) in [5.41, 5.74) is 5.26. The predicted molar refractivity (Wildman–Crippen MR) is 237 cm³/mol. The van der Waals surface area contributed by atoms with Gasteiger partial charge < -0.3 is 30.4 Å². The molecule has 14 nitrogen and oxygen atoms in total. The number of para-hydroxylation sites is 2. The molecular weight excluding hydrogens is 797 g/mol. The van der Waals surface area contributed by atoms with Gasteiger partial charge >= 0.3 is 12.1 Å². The summed E-state index contributed by atoms with van der Waals surface area (Å²) in [5.74, 6) is -0.648. The monoisotopic (exact) mass is 846 g/mol. The Bertz CT molecular complexity index is 2660. The number of H-pyrrole nitrogens is 2. The van der Waals surface area contributed by atoms with Crippen molar-refractivity contribution in [3.8, 4) is 0 Å². The zero-order valence-electron chi connectivity index (χ0n) is 34.9. The zero-order valence-corrected chi connectivity index (χ0v) is 34.9. The van der Waals surface area contributed by atoms with Gasteiger partial charge in [0.1, 0.15) is 0 Å². The van der Waals surface area contributed by atoms with Crippen LogP contribution in [0.1, 0.15) is 65.6 Å². The number of fused-ring (bicyclic) bond motifs is 4. The van der Waals surface area contributed by atoms with Crippen molar-refractivity contribution < 1.29 is 28.8 Å². The molecule has 4 fully saturated rings. The third kappa shape index (κ3) is 8.66. The summed E-state index contributed by atoms with van der Waals surface area (Å²) in [6.07, 6.45) is 7.38. The lowest BCUT2D eigenvalue weighted by molar-refractivity contribution is -0.135. The first-order valence-electron chi connectivity index (χ1n) is 21.7. The van der Waals surface area contributed by atoms with Crippen LogP contribution in [0.25, 0.3) is 21.8 Å². The van der Waals surface area contributed by atoms with Crippen LogP contribution in [0.2, 0.25) is 0 Å². The maximum Gasteiger partial charge on any atom is 0.327 e. The number of carbonyl (C=O) groups excluding carboxylic acids is 6. The van der Waals surface area contributed by atoms with Gasteiger partial charge in [-0.05, 0) is 54.5 Å². The minimum atomic E-state index is -0.310. The highest BCUT2D eigenvalue weighted by atomic mass is 16.2. The second-order valence-corrected chi connectivity index (χ2v) is 16.7. The first-order chi connectivity index (χ1) is 30.7. The largest absolute Gasteiger partial charge is 0.361 e. The molecule has 0 aliphatic carbocycles. The molecular formula is C49H50N8O6. The first kappa shape index (κ1) is 41.1. The molecule has 0 unspecified atom stereocenters. The van der Waals surface area contributed by atoms with Crippen molar-refractivity contribution in [2.45, 2.75) is 82.2 Å². The highest BCUT2D eigenvalue weighted by Crippen LogP contribution is 2.30. The van der Waals surface area contributed by atoms with Crippen LogP contribution in [0.3, 0.4) is 0 Å². The zero-order chi connectivity index (χ0) is 43.5. The van der Waals surface area contributed by atoms with E-state index in [0.717, 1.165) is 64.2 Å². The van der Waals surface area contributed by atoms with Gasteiger partial charge in [-0.1, -0.05) is 97.1 Å². The number of rotatable bonds is 9. The number of hydrogen-bond donors (Lipinski definition) is 4. The van der Waals surface area contributed by atoms with Gasteiger partial charge in [0.2, 0.25) is 17.7 Å². The summed E-state index contributed by atoms with van der Waals surface area (Å²) >= 11 is 0. The van der Waals surface area contributed by atoms with Crippen LogP contribution in [0.4, 0.5) is 9.59 Å².